The maximum Gasteiger partial charge on any atom is 0.250 e. The van der Waals surface area contributed by atoms with E-state index in [0.717, 1.165) is 11.3 Å². The molecule has 98 valence electrons. The number of aromatic nitrogens is 1. The van der Waals surface area contributed by atoms with Crippen molar-refractivity contribution in [2.75, 3.05) is 6.54 Å². The van der Waals surface area contributed by atoms with E-state index >= 15 is 0 Å². The van der Waals surface area contributed by atoms with Crippen LogP contribution in [0.25, 0.3) is 0 Å². The minimum atomic E-state index is -3.47. The Morgan fingerprint density at radius 2 is 2.06 bits per heavy atom. The molecule has 0 saturated heterocycles. The third kappa shape index (κ3) is 3.36. The molecule has 2 aromatic rings. The van der Waals surface area contributed by atoms with Crippen LogP contribution in [0.4, 0.5) is 0 Å². The molecule has 0 radical (unpaired) electrons. The summed E-state index contributed by atoms with van der Waals surface area (Å²) in [4.78, 5) is 0. The van der Waals surface area contributed by atoms with Gasteiger partial charge in [0, 0.05) is 25.5 Å². The first-order chi connectivity index (χ1) is 8.49. The molecule has 0 bridgehead atoms. The number of rotatable bonds is 5. The lowest BCUT2D eigenvalue weighted by Gasteiger charge is -2.05. The molecule has 0 aromatic carbocycles. The largest absolute Gasteiger partial charge is 0.353 e. The van der Waals surface area contributed by atoms with Gasteiger partial charge in [-0.1, -0.05) is 11.6 Å². The molecule has 4 nitrogen and oxygen atoms in total. The zero-order chi connectivity index (χ0) is 13.2. The van der Waals surface area contributed by atoms with Crippen LogP contribution >= 0.6 is 38.9 Å². The molecular formula is C10H10BrClN2O2S2. The van der Waals surface area contributed by atoms with Gasteiger partial charge in [-0.3, -0.25) is 0 Å². The molecule has 0 aliphatic carbocycles. The predicted octanol–water partition coefficient (Wildman–Crippen LogP) is 2.94. The van der Waals surface area contributed by atoms with Gasteiger partial charge >= 0.3 is 0 Å². The van der Waals surface area contributed by atoms with Crippen molar-refractivity contribution < 1.29 is 8.42 Å². The van der Waals surface area contributed by atoms with E-state index in [1.54, 1.807) is 0 Å². The van der Waals surface area contributed by atoms with E-state index in [0.29, 0.717) is 21.9 Å². The van der Waals surface area contributed by atoms with E-state index < -0.39 is 10.0 Å². The third-order valence-electron chi connectivity index (χ3n) is 2.22. The van der Waals surface area contributed by atoms with Crippen molar-refractivity contribution in [1.82, 2.24) is 9.29 Å². The normalized spacial score (nSPS) is 11.9. The van der Waals surface area contributed by atoms with E-state index in [1.165, 1.54) is 6.07 Å². The number of hydrogen-bond acceptors (Lipinski definition) is 3. The summed E-state index contributed by atoms with van der Waals surface area (Å²) in [6.45, 7) is 0.927. The Morgan fingerprint density at radius 3 is 2.61 bits per heavy atom. The van der Waals surface area contributed by atoms with Gasteiger partial charge in [0.15, 0.2) is 0 Å². The standard InChI is InChI=1S/C10H10BrClN2O2S2/c11-10-8(12)7-9(17-10)18(15,16)13-3-6-14-4-1-2-5-14/h1-2,4-5,7,13H,3,6H2. The molecule has 8 heteroatoms. The lowest BCUT2D eigenvalue weighted by Crippen LogP contribution is -2.26. The molecule has 0 fully saturated rings. The van der Waals surface area contributed by atoms with E-state index in [9.17, 15) is 8.42 Å². The Kier molecular flexibility index (Phi) is 4.50. The lowest BCUT2D eigenvalue weighted by molar-refractivity contribution is 0.575. The highest BCUT2D eigenvalue weighted by molar-refractivity contribution is 9.11. The monoisotopic (exact) mass is 368 g/mol. The molecule has 0 unspecified atom stereocenters. The fourth-order valence-electron chi connectivity index (χ4n) is 1.36. The van der Waals surface area contributed by atoms with Crippen molar-refractivity contribution in [3.05, 3.63) is 39.4 Å². The fraction of sp³-hybridized carbons (Fsp3) is 0.200. The molecule has 2 aromatic heterocycles. The average molecular weight is 370 g/mol. The number of sulfonamides is 1. The van der Waals surface area contributed by atoms with Gasteiger partial charge in [-0.25, -0.2) is 13.1 Å². The van der Waals surface area contributed by atoms with Gasteiger partial charge < -0.3 is 4.57 Å². The van der Waals surface area contributed by atoms with Gasteiger partial charge in [0.2, 0.25) is 10.0 Å². The van der Waals surface area contributed by atoms with Crippen molar-refractivity contribution >= 4 is 48.9 Å². The van der Waals surface area contributed by atoms with Crippen LogP contribution in [0.15, 0.2) is 38.6 Å². The summed E-state index contributed by atoms with van der Waals surface area (Å²) in [5.74, 6) is 0. The summed E-state index contributed by atoms with van der Waals surface area (Å²) >= 11 is 10.1. The van der Waals surface area contributed by atoms with Crippen LogP contribution in [0.3, 0.4) is 0 Å². The van der Waals surface area contributed by atoms with Crippen molar-refractivity contribution in [3.8, 4) is 0 Å². The van der Waals surface area contributed by atoms with Crippen LogP contribution in [0.2, 0.25) is 5.02 Å². The first kappa shape index (κ1) is 14.1. The predicted molar refractivity (Wildman–Crippen MR) is 76.6 cm³/mol. The van der Waals surface area contributed by atoms with Gasteiger partial charge in [0.25, 0.3) is 0 Å². The van der Waals surface area contributed by atoms with Crippen molar-refractivity contribution in [2.24, 2.45) is 0 Å². The second-order valence-corrected chi connectivity index (χ2v) is 8.28. The molecule has 0 atom stereocenters. The maximum absolute atomic E-state index is 11.9. The molecule has 2 rings (SSSR count). The highest BCUT2D eigenvalue weighted by Gasteiger charge is 2.18. The highest BCUT2D eigenvalue weighted by atomic mass is 79.9. The average Bonchev–Trinajstić information content (AvgIpc) is 2.90. The minimum Gasteiger partial charge on any atom is -0.353 e. The van der Waals surface area contributed by atoms with Gasteiger partial charge in [0.1, 0.15) is 4.21 Å². The summed E-state index contributed by atoms with van der Waals surface area (Å²) in [5.41, 5.74) is 0. The molecule has 0 spiro atoms. The number of thiophene rings is 1. The summed E-state index contributed by atoms with van der Waals surface area (Å²) in [7, 11) is -3.47. The molecule has 0 aliphatic rings. The second-order valence-electron chi connectivity index (χ2n) is 3.51. The molecule has 0 aliphatic heterocycles. The van der Waals surface area contributed by atoms with Crippen LogP contribution in [-0.4, -0.2) is 19.5 Å². The molecule has 1 N–H and O–H groups in total. The minimum absolute atomic E-state index is 0.215. The van der Waals surface area contributed by atoms with Crippen LogP contribution in [-0.2, 0) is 16.6 Å². The number of hydrogen-bond donors (Lipinski definition) is 1. The Bertz CT molecular complexity index is 603. The van der Waals surface area contributed by atoms with Gasteiger partial charge in [-0.2, -0.15) is 0 Å². The van der Waals surface area contributed by atoms with Crippen LogP contribution in [0.1, 0.15) is 0 Å². The Labute approximate surface area is 123 Å². The fourth-order valence-corrected chi connectivity index (χ4v) is 4.82. The Morgan fingerprint density at radius 1 is 1.39 bits per heavy atom. The SMILES string of the molecule is O=S(=O)(NCCn1cccc1)c1cc(Cl)c(Br)s1. The zero-order valence-corrected chi connectivity index (χ0v) is 13.1. The van der Waals surface area contributed by atoms with E-state index in [-0.39, 0.29) is 4.21 Å². The van der Waals surface area contributed by atoms with Crippen LogP contribution in [0.5, 0.6) is 0 Å². The Hall–Kier alpha value is -0.340. The van der Waals surface area contributed by atoms with Crippen molar-refractivity contribution in [3.63, 3.8) is 0 Å². The summed E-state index contributed by atoms with van der Waals surface area (Å²) < 4.78 is 29.1. The molecule has 0 saturated carbocycles. The topological polar surface area (TPSA) is 51.1 Å². The van der Waals surface area contributed by atoms with E-state index in [2.05, 4.69) is 20.7 Å². The number of nitrogens with one attached hydrogen (secondary N) is 1. The first-order valence-corrected chi connectivity index (χ1v) is 8.51. The maximum atomic E-state index is 11.9. The summed E-state index contributed by atoms with van der Waals surface area (Å²) in [6.07, 6.45) is 3.76. The zero-order valence-electron chi connectivity index (χ0n) is 9.14. The quantitative estimate of drug-likeness (QED) is 0.881. The van der Waals surface area contributed by atoms with Gasteiger partial charge in [-0.05, 0) is 34.1 Å². The van der Waals surface area contributed by atoms with Gasteiger partial charge in [-0.15, -0.1) is 11.3 Å². The lowest BCUT2D eigenvalue weighted by atomic mass is 10.6. The molecular weight excluding hydrogens is 360 g/mol. The van der Waals surface area contributed by atoms with Crippen LogP contribution < -0.4 is 4.72 Å². The van der Waals surface area contributed by atoms with Crippen molar-refractivity contribution in [1.29, 1.82) is 0 Å². The molecule has 2 heterocycles. The Balaban J connectivity index is 1.99. The first-order valence-electron chi connectivity index (χ1n) is 5.04. The number of halogens is 2. The summed E-state index contributed by atoms with van der Waals surface area (Å²) in [6, 6.07) is 5.23. The molecule has 18 heavy (non-hydrogen) atoms. The number of nitrogens with zero attached hydrogens (tertiary/aromatic N) is 1. The second kappa shape index (κ2) is 5.75. The van der Waals surface area contributed by atoms with E-state index in [4.69, 9.17) is 11.6 Å². The van der Waals surface area contributed by atoms with Crippen LogP contribution in [0, 0.1) is 0 Å². The smallest absolute Gasteiger partial charge is 0.250 e. The van der Waals surface area contributed by atoms with E-state index in [1.807, 2.05) is 29.1 Å². The van der Waals surface area contributed by atoms with Gasteiger partial charge in [0.05, 0.1) is 8.81 Å². The highest BCUT2D eigenvalue weighted by Crippen LogP contribution is 2.34. The molecule has 0 amide bonds. The summed E-state index contributed by atoms with van der Waals surface area (Å²) in [5, 5.41) is 0.408. The third-order valence-corrected chi connectivity index (χ3v) is 6.63. The van der Waals surface area contributed by atoms with Crippen molar-refractivity contribution in [2.45, 2.75) is 10.8 Å².